The van der Waals surface area contributed by atoms with Gasteiger partial charge in [-0.2, -0.15) is 0 Å². The van der Waals surface area contributed by atoms with Crippen LogP contribution in [-0.4, -0.2) is 11.6 Å². The minimum atomic E-state index is 0. The number of rotatable bonds is 3. The van der Waals surface area contributed by atoms with Crippen molar-refractivity contribution in [1.29, 1.82) is 0 Å². The van der Waals surface area contributed by atoms with Crippen molar-refractivity contribution in [3.05, 3.63) is 23.4 Å². The Kier molecular flexibility index (Phi) is 5.41. The molecule has 1 aromatic heterocycles. The highest BCUT2D eigenvalue weighted by Crippen LogP contribution is 2.11. The molecule has 0 saturated carbocycles. The Labute approximate surface area is 77.3 Å². The van der Waals surface area contributed by atoms with Gasteiger partial charge in [0.1, 0.15) is 5.15 Å². The molecule has 0 fully saturated rings. The van der Waals surface area contributed by atoms with E-state index in [9.17, 15) is 0 Å². The number of hydrogen-bond donors (Lipinski definition) is 1. The van der Waals surface area contributed by atoms with E-state index in [0.717, 1.165) is 6.42 Å². The van der Waals surface area contributed by atoms with Crippen molar-refractivity contribution in [2.24, 2.45) is 0 Å². The number of pyridine rings is 1. The molecule has 0 amide bonds. The molecule has 0 unspecified atom stereocenters. The lowest BCUT2D eigenvalue weighted by Crippen LogP contribution is -1.96. The van der Waals surface area contributed by atoms with Crippen molar-refractivity contribution in [2.45, 2.75) is 13.3 Å². The SMILES string of the molecule is CCCOc1cccc(Cl)n1.N. The minimum Gasteiger partial charge on any atom is -0.478 e. The molecule has 1 heterocycles. The highest BCUT2D eigenvalue weighted by Gasteiger charge is 1.93. The van der Waals surface area contributed by atoms with Gasteiger partial charge in [0.15, 0.2) is 0 Å². The normalized spacial score (nSPS) is 8.83. The van der Waals surface area contributed by atoms with Crippen molar-refractivity contribution in [1.82, 2.24) is 11.1 Å². The van der Waals surface area contributed by atoms with E-state index in [1.807, 2.05) is 13.0 Å². The maximum absolute atomic E-state index is 5.63. The van der Waals surface area contributed by atoms with Crippen LogP contribution in [0.25, 0.3) is 0 Å². The van der Waals surface area contributed by atoms with E-state index in [1.54, 1.807) is 12.1 Å². The third kappa shape index (κ3) is 3.55. The Morgan fingerprint density at radius 3 is 2.83 bits per heavy atom. The lowest BCUT2D eigenvalue weighted by atomic mass is 10.5. The summed E-state index contributed by atoms with van der Waals surface area (Å²) in [7, 11) is 0. The van der Waals surface area contributed by atoms with Crippen LogP contribution in [0.2, 0.25) is 5.15 Å². The number of ether oxygens (including phenoxy) is 1. The summed E-state index contributed by atoms with van der Waals surface area (Å²) in [5, 5.41) is 0.471. The van der Waals surface area contributed by atoms with Crippen molar-refractivity contribution in [3.8, 4) is 5.88 Å². The van der Waals surface area contributed by atoms with E-state index in [2.05, 4.69) is 4.98 Å². The van der Waals surface area contributed by atoms with Gasteiger partial charge in [0.05, 0.1) is 6.61 Å². The van der Waals surface area contributed by atoms with Crippen LogP contribution in [0.1, 0.15) is 13.3 Å². The Bertz CT molecular complexity index is 230. The Balaban J connectivity index is 0.00000121. The third-order valence-corrected chi connectivity index (χ3v) is 1.35. The lowest BCUT2D eigenvalue weighted by molar-refractivity contribution is 0.305. The van der Waals surface area contributed by atoms with E-state index in [1.165, 1.54) is 0 Å². The first kappa shape index (κ1) is 11.2. The fourth-order valence-corrected chi connectivity index (χ4v) is 0.833. The molecule has 0 saturated heterocycles. The van der Waals surface area contributed by atoms with Crippen LogP contribution >= 0.6 is 11.6 Å². The first-order chi connectivity index (χ1) is 5.33. The molecular weight excluding hydrogens is 176 g/mol. The predicted molar refractivity (Wildman–Crippen MR) is 50.1 cm³/mol. The molecule has 1 rings (SSSR count). The zero-order valence-corrected chi connectivity index (χ0v) is 7.84. The third-order valence-electron chi connectivity index (χ3n) is 1.14. The highest BCUT2D eigenvalue weighted by molar-refractivity contribution is 6.29. The summed E-state index contributed by atoms with van der Waals surface area (Å²) in [4.78, 5) is 3.95. The second kappa shape index (κ2) is 5.80. The molecule has 0 radical (unpaired) electrons. The molecular formula is C8H13ClN2O. The van der Waals surface area contributed by atoms with Gasteiger partial charge < -0.3 is 10.9 Å². The maximum atomic E-state index is 5.63. The molecule has 0 aliphatic heterocycles. The quantitative estimate of drug-likeness (QED) is 0.742. The molecule has 4 heteroatoms. The summed E-state index contributed by atoms with van der Waals surface area (Å²) < 4.78 is 5.24. The number of hydrogen-bond acceptors (Lipinski definition) is 3. The molecule has 0 atom stereocenters. The summed E-state index contributed by atoms with van der Waals surface area (Å²) in [6, 6.07) is 5.34. The van der Waals surface area contributed by atoms with Gasteiger partial charge in [0, 0.05) is 6.07 Å². The fourth-order valence-electron chi connectivity index (χ4n) is 0.677. The number of nitrogens with zero attached hydrogens (tertiary/aromatic N) is 1. The zero-order valence-electron chi connectivity index (χ0n) is 7.09. The van der Waals surface area contributed by atoms with Gasteiger partial charge in [-0.1, -0.05) is 24.6 Å². The van der Waals surface area contributed by atoms with Crippen molar-refractivity contribution in [2.75, 3.05) is 6.61 Å². The van der Waals surface area contributed by atoms with Crippen molar-refractivity contribution < 1.29 is 4.74 Å². The average molecular weight is 189 g/mol. The molecule has 0 spiro atoms. The van der Waals surface area contributed by atoms with Gasteiger partial charge in [0.25, 0.3) is 0 Å². The maximum Gasteiger partial charge on any atom is 0.214 e. The van der Waals surface area contributed by atoms with Gasteiger partial charge in [-0.15, -0.1) is 0 Å². The minimum absolute atomic E-state index is 0. The van der Waals surface area contributed by atoms with Crippen LogP contribution in [0.5, 0.6) is 5.88 Å². The molecule has 3 nitrogen and oxygen atoms in total. The van der Waals surface area contributed by atoms with Gasteiger partial charge >= 0.3 is 0 Å². The van der Waals surface area contributed by atoms with Crippen molar-refractivity contribution in [3.63, 3.8) is 0 Å². The van der Waals surface area contributed by atoms with Crippen LogP contribution in [-0.2, 0) is 0 Å². The van der Waals surface area contributed by atoms with E-state index in [4.69, 9.17) is 16.3 Å². The second-order valence-corrected chi connectivity index (χ2v) is 2.53. The van der Waals surface area contributed by atoms with E-state index in [0.29, 0.717) is 17.6 Å². The van der Waals surface area contributed by atoms with Gasteiger partial charge in [0.2, 0.25) is 5.88 Å². The molecule has 0 bridgehead atoms. The summed E-state index contributed by atoms with van der Waals surface area (Å²) in [5.74, 6) is 0.597. The Morgan fingerprint density at radius 2 is 2.25 bits per heavy atom. The van der Waals surface area contributed by atoms with Crippen LogP contribution in [0, 0.1) is 0 Å². The number of aromatic nitrogens is 1. The molecule has 1 aromatic rings. The summed E-state index contributed by atoms with van der Waals surface area (Å²) in [5.41, 5.74) is 0. The molecule has 12 heavy (non-hydrogen) atoms. The molecule has 0 aliphatic rings. The Morgan fingerprint density at radius 1 is 1.50 bits per heavy atom. The summed E-state index contributed by atoms with van der Waals surface area (Å²) in [6.07, 6.45) is 0.980. The van der Waals surface area contributed by atoms with Crippen LogP contribution in [0.4, 0.5) is 0 Å². The van der Waals surface area contributed by atoms with E-state index in [-0.39, 0.29) is 6.15 Å². The zero-order chi connectivity index (χ0) is 8.10. The monoisotopic (exact) mass is 188 g/mol. The smallest absolute Gasteiger partial charge is 0.214 e. The van der Waals surface area contributed by atoms with E-state index >= 15 is 0 Å². The van der Waals surface area contributed by atoms with Crippen molar-refractivity contribution >= 4 is 11.6 Å². The predicted octanol–water partition coefficient (Wildman–Crippen LogP) is 2.69. The molecule has 0 aromatic carbocycles. The summed E-state index contributed by atoms with van der Waals surface area (Å²) in [6.45, 7) is 2.73. The second-order valence-electron chi connectivity index (χ2n) is 2.15. The molecule has 0 aliphatic carbocycles. The largest absolute Gasteiger partial charge is 0.478 e. The first-order valence-electron chi connectivity index (χ1n) is 3.58. The average Bonchev–Trinajstić information content (AvgIpc) is 2.01. The van der Waals surface area contributed by atoms with Gasteiger partial charge in [-0.05, 0) is 12.5 Å². The van der Waals surface area contributed by atoms with Crippen LogP contribution < -0.4 is 10.9 Å². The highest BCUT2D eigenvalue weighted by atomic mass is 35.5. The lowest BCUT2D eigenvalue weighted by Gasteiger charge is -2.01. The fraction of sp³-hybridized carbons (Fsp3) is 0.375. The topological polar surface area (TPSA) is 57.1 Å². The number of halogens is 1. The molecule has 3 N–H and O–H groups in total. The van der Waals surface area contributed by atoms with E-state index < -0.39 is 0 Å². The Hall–Kier alpha value is -0.800. The first-order valence-corrected chi connectivity index (χ1v) is 3.96. The summed E-state index contributed by atoms with van der Waals surface area (Å²) >= 11 is 5.63. The van der Waals surface area contributed by atoms with Gasteiger partial charge in [-0.25, -0.2) is 4.98 Å². The van der Waals surface area contributed by atoms with Crippen LogP contribution in [0.3, 0.4) is 0 Å². The molecule has 68 valence electrons. The van der Waals surface area contributed by atoms with Gasteiger partial charge in [-0.3, -0.25) is 0 Å². The standard InChI is InChI=1S/C8H10ClNO.H3N/c1-2-6-11-8-5-3-4-7(9)10-8;/h3-5H,2,6H2,1H3;1H3. The van der Waals surface area contributed by atoms with Crippen LogP contribution in [0.15, 0.2) is 18.2 Å².